The van der Waals surface area contributed by atoms with Crippen molar-refractivity contribution in [3.8, 4) is 27.9 Å². The molecule has 10 aromatic rings. The molecule has 0 bridgehead atoms. The Balaban J connectivity index is 1.34. The van der Waals surface area contributed by atoms with Gasteiger partial charge in [-0.2, -0.15) is 0 Å². The first-order valence-corrected chi connectivity index (χ1v) is 17.9. The van der Waals surface area contributed by atoms with Crippen molar-refractivity contribution in [3.05, 3.63) is 206 Å². The van der Waals surface area contributed by atoms with Crippen LogP contribution in [0.25, 0.3) is 71.3 Å². The van der Waals surface area contributed by atoms with Crippen LogP contribution in [0.15, 0.2) is 206 Å². The molecule has 0 aliphatic carbocycles. The first-order chi connectivity index (χ1) is 25.8. The van der Waals surface area contributed by atoms with Gasteiger partial charge in [-0.3, -0.25) is 0 Å². The van der Waals surface area contributed by atoms with Crippen molar-refractivity contribution in [2.24, 2.45) is 0 Å². The van der Waals surface area contributed by atoms with Gasteiger partial charge in [-0.15, -0.1) is 0 Å². The number of fused-ring (bicyclic) bond motifs is 6. The van der Waals surface area contributed by atoms with Gasteiger partial charge in [-0.1, -0.05) is 158 Å². The Morgan fingerprint density at radius 2 is 0.904 bits per heavy atom. The first kappa shape index (κ1) is 30.0. The molecule has 0 spiro atoms. The molecule has 52 heavy (non-hydrogen) atoms. The fourth-order valence-electron chi connectivity index (χ4n) is 8.05. The highest BCUT2D eigenvalue weighted by atomic mass is 15.1. The van der Waals surface area contributed by atoms with E-state index in [2.05, 4.69) is 216 Å². The molecule has 0 unspecified atom stereocenters. The highest BCUT2D eigenvalue weighted by Crippen LogP contribution is 2.48. The molecule has 1 aromatic heterocycles. The molecule has 9 aromatic carbocycles. The zero-order valence-electron chi connectivity index (χ0n) is 28.5. The molecule has 0 radical (unpaired) electrons. The summed E-state index contributed by atoms with van der Waals surface area (Å²) in [6, 6.07) is 74.7. The number of benzene rings is 9. The van der Waals surface area contributed by atoms with E-state index in [-0.39, 0.29) is 0 Å². The maximum absolute atomic E-state index is 2.49. The maximum atomic E-state index is 2.49. The van der Waals surface area contributed by atoms with Crippen molar-refractivity contribution in [2.45, 2.75) is 0 Å². The minimum atomic E-state index is 1.10. The van der Waals surface area contributed by atoms with E-state index in [0.29, 0.717) is 0 Å². The normalized spacial score (nSPS) is 11.5. The summed E-state index contributed by atoms with van der Waals surface area (Å²) in [6.07, 6.45) is 0. The number of hydrogen-bond donors (Lipinski definition) is 0. The van der Waals surface area contributed by atoms with Gasteiger partial charge in [0.15, 0.2) is 0 Å². The second kappa shape index (κ2) is 12.5. The lowest BCUT2D eigenvalue weighted by molar-refractivity contribution is 1.18. The molecule has 0 aliphatic heterocycles. The predicted octanol–water partition coefficient (Wildman–Crippen LogP) is 13.9. The average Bonchev–Trinajstić information content (AvgIpc) is 3.57. The molecule has 244 valence electrons. The van der Waals surface area contributed by atoms with Crippen LogP contribution in [0.3, 0.4) is 0 Å². The molecule has 0 saturated carbocycles. The van der Waals surface area contributed by atoms with E-state index in [1.54, 1.807) is 0 Å². The van der Waals surface area contributed by atoms with Crippen molar-refractivity contribution >= 4 is 60.4 Å². The van der Waals surface area contributed by atoms with Gasteiger partial charge in [0.2, 0.25) is 0 Å². The minimum Gasteiger partial charge on any atom is -0.309 e. The lowest BCUT2D eigenvalue weighted by Crippen LogP contribution is -2.11. The van der Waals surface area contributed by atoms with E-state index in [4.69, 9.17) is 0 Å². The quantitative estimate of drug-likeness (QED) is 0.161. The fourth-order valence-corrected chi connectivity index (χ4v) is 8.05. The van der Waals surface area contributed by atoms with Crippen molar-refractivity contribution in [1.29, 1.82) is 0 Å². The molecule has 0 N–H and O–H groups in total. The van der Waals surface area contributed by atoms with Gasteiger partial charge in [0.05, 0.1) is 22.4 Å². The predicted molar refractivity (Wildman–Crippen MR) is 221 cm³/mol. The van der Waals surface area contributed by atoms with E-state index in [9.17, 15) is 0 Å². The van der Waals surface area contributed by atoms with Gasteiger partial charge in [0, 0.05) is 27.5 Å². The molecule has 2 nitrogen and oxygen atoms in total. The van der Waals surface area contributed by atoms with Crippen molar-refractivity contribution < 1.29 is 0 Å². The molecule has 0 amide bonds. The SMILES string of the molecule is c1ccc(-c2ccc(N(c3cc4ccccc4c4ccccc34)c3cccc4c3c3c(-c5ccccc5)cccc3n4-c3ccccc3)cc2)cc1. The number of anilines is 3. The van der Waals surface area contributed by atoms with E-state index < -0.39 is 0 Å². The van der Waals surface area contributed by atoms with Gasteiger partial charge in [-0.25, -0.2) is 0 Å². The average molecular weight is 663 g/mol. The highest BCUT2D eigenvalue weighted by molar-refractivity contribution is 6.23. The molecular formula is C50H34N2. The summed E-state index contributed by atoms with van der Waals surface area (Å²) in [5.41, 5.74) is 11.7. The standard InChI is InChI=1S/C50H34N2/c1-4-16-35(17-5-1)36-30-32-40(33-31-36)52(48-34-38-20-10-11-23-41(38)43-24-12-13-25-44(43)48)47-29-15-28-46-50(47)49-42(37-18-6-2-7-19-37)26-14-27-45(49)51(46)39-21-8-3-9-22-39/h1-34H. The van der Waals surface area contributed by atoms with Crippen molar-refractivity contribution in [1.82, 2.24) is 4.57 Å². The van der Waals surface area contributed by atoms with Crippen LogP contribution in [0, 0.1) is 0 Å². The van der Waals surface area contributed by atoms with Gasteiger partial charge in [0.1, 0.15) is 0 Å². The van der Waals surface area contributed by atoms with Crippen LogP contribution in [-0.4, -0.2) is 4.57 Å². The third-order valence-electron chi connectivity index (χ3n) is 10.4. The highest BCUT2D eigenvalue weighted by Gasteiger charge is 2.24. The topological polar surface area (TPSA) is 8.17 Å². The van der Waals surface area contributed by atoms with Gasteiger partial charge in [-0.05, 0) is 86.9 Å². The Labute approximate surface area is 303 Å². The summed E-state index contributed by atoms with van der Waals surface area (Å²) in [6.45, 7) is 0. The van der Waals surface area contributed by atoms with Crippen LogP contribution in [0.2, 0.25) is 0 Å². The van der Waals surface area contributed by atoms with Crippen LogP contribution in [0.1, 0.15) is 0 Å². The molecule has 1 heterocycles. The summed E-state index contributed by atoms with van der Waals surface area (Å²) in [5.74, 6) is 0. The van der Waals surface area contributed by atoms with E-state index >= 15 is 0 Å². The van der Waals surface area contributed by atoms with Gasteiger partial charge < -0.3 is 9.47 Å². The molecule has 2 heteroatoms. The van der Waals surface area contributed by atoms with Crippen LogP contribution in [-0.2, 0) is 0 Å². The van der Waals surface area contributed by atoms with Crippen molar-refractivity contribution in [3.63, 3.8) is 0 Å². The molecule has 0 aliphatic rings. The monoisotopic (exact) mass is 662 g/mol. The Hall–Kier alpha value is -6.90. The Kier molecular flexibility index (Phi) is 7.18. The zero-order chi connectivity index (χ0) is 34.4. The van der Waals surface area contributed by atoms with Gasteiger partial charge >= 0.3 is 0 Å². The van der Waals surface area contributed by atoms with Crippen LogP contribution >= 0.6 is 0 Å². The summed E-state index contributed by atoms with van der Waals surface area (Å²) in [4.78, 5) is 2.49. The Morgan fingerprint density at radius 3 is 1.63 bits per heavy atom. The van der Waals surface area contributed by atoms with Crippen LogP contribution in [0.5, 0.6) is 0 Å². The van der Waals surface area contributed by atoms with Crippen LogP contribution < -0.4 is 4.90 Å². The number of rotatable bonds is 6. The molecule has 0 saturated heterocycles. The Bertz CT molecular complexity index is 2870. The largest absolute Gasteiger partial charge is 0.309 e. The number of aromatic nitrogens is 1. The fraction of sp³-hybridized carbons (Fsp3) is 0. The van der Waals surface area contributed by atoms with E-state index in [1.165, 1.54) is 60.1 Å². The minimum absolute atomic E-state index is 1.10. The van der Waals surface area contributed by atoms with Crippen LogP contribution in [0.4, 0.5) is 17.1 Å². The summed E-state index contributed by atoms with van der Waals surface area (Å²) in [5, 5.41) is 7.37. The third kappa shape index (κ3) is 4.88. The Morgan fingerprint density at radius 1 is 0.346 bits per heavy atom. The van der Waals surface area contributed by atoms with E-state index in [1.807, 2.05) is 0 Å². The van der Waals surface area contributed by atoms with E-state index in [0.717, 1.165) is 28.3 Å². The zero-order valence-corrected chi connectivity index (χ0v) is 28.5. The van der Waals surface area contributed by atoms with Crippen molar-refractivity contribution in [2.75, 3.05) is 4.90 Å². The summed E-state index contributed by atoms with van der Waals surface area (Å²) in [7, 11) is 0. The lowest BCUT2D eigenvalue weighted by atomic mass is 9.96. The summed E-state index contributed by atoms with van der Waals surface area (Å²) < 4.78 is 2.43. The second-order valence-electron chi connectivity index (χ2n) is 13.3. The van der Waals surface area contributed by atoms with Gasteiger partial charge in [0.25, 0.3) is 0 Å². The molecule has 10 rings (SSSR count). The number of nitrogens with zero attached hydrogens (tertiary/aromatic N) is 2. The number of para-hydroxylation sites is 1. The molecule has 0 fully saturated rings. The summed E-state index contributed by atoms with van der Waals surface area (Å²) >= 11 is 0. The molecule has 0 atom stereocenters. The second-order valence-corrected chi connectivity index (χ2v) is 13.3. The maximum Gasteiger partial charge on any atom is 0.0562 e. The first-order valence-electron chi connectivity index (χ1n) is 17.9. The lowest BCUT2D eigenvalue weighted by Gasteiger charge is -2.29. The number of hydrogen-bond acceptors (Lipinski definition) is 1. The third-order valence-corrected chi connectivity index (χ3v) is 10.4. The molecular weight excluding hydrogens is 629 g/mol. The smallest absolute Gasteiger partial charge is 0.0562 e.